The molecular weight excluding hydrogens is 367 g/mol. The number of benzene rings is 2. The summed E-state index contributed by atoms with van der Waals surface area (Å²) in [4.78, 5) is 12.9. The molecule has 140 valence electrons. The maximum absolute atomic E-state index is 13.9. The molecule has 2 aliphatic heterocycles. The second-order valence-electron chi connectivity index (χ2n) is 7.32. The SMILES string of the molecule is CCc1ccc(-c2ccc(Cl)c(F)c2)cc1C1=C(O)[C@@]2(C)CC[C@@H](O2)C1=O. The summed E-state index contributed by atoms with van der Waals surface area (Å²) in [6.45, 7) is 3.82. The van der Waals surface area contributed by atoms with Crippen LogP contribution in [0.2, 0.25) is 5.02 Å². The summed E-state index contributed by atoms with van der Waals surface area (Å²) in [5.41, 5.74) is 2.58. The molecule has 0 saturated carbocycles. The zero-order valence-corrected chi connectivity index (χ0v) is 15.9. The molecule has 2 aromatic rings. The normalized spacial score (nSPS) is 24.6. The molecule has 2 heterocycles. The van der Waals surface area contributed by atoms with Gasteiger partial charge in [0.1, 0.15) is 23.3 Å². The topological polar surface area (TPSA) is 46.5 Å². The Bertz CT molecular complexity index is 982. The Morgan fingerprint density at radius 1 is 1.26 bits per heavy atom. The van der Waals surface area contributed by atoms with Crippen LogP contribution in [0.4, 0.5) is 4.39 Å². The van der Waals surface area contributed by atoms with Crippen LogP contribution in [-0.2, 0) is 16.0 Å². The van der Waals surface area contributed by atoms with Gasteiger partial charge >= 0.3 is 0 Å². The van der Waals surface area contributed by atoms with Crippen molar-refractivity contribution in [2.45, 2.75) is 44.8 Å². The molecule has 0 spiro atoms. The summed E-state index contributed by atoms with van der Waals surface area (Å²) in [7, 11) is 0. The molecule has 2 atom stereocenters. The van der Waals surface area contributed by atoms with Crippen molar-refractivity contribution >= 4 is 23.0 Å². The number of hydrogen-bond donors (Lipinski definition) is 1. The summed E-state index contributed by atoms with van der Waals surface area (Å²) in [6.07, 6.45) is 1.41. The maximum Gasteiger partial charge on any atom is 0.195 e. The first-order valence-corrected chi connectivity index (χ1v) is 9.46. The Labute approximate surface area is 162 Å². The predicted octanol–water partition coefficient (Wildman–Crippen LogP) is 5.50. The Kier molecular flexibility index (Phi) is 4.36. The molecule has 3 nitrogen and oxygen atoms in total. The average Bonchev–Trinajstić information content (AvgIpc) is 3.03. The largest absolute Gasteiger partial charge is 0.508 e. The maximum atomic E-state index is 13.9. The van der Waals surface area contributed by atoms with Gasteiger partial charge in [0.05, 0.1) is 10.6 Å². The predicted molar refractivity (Wildman–Crippen MR) is 103 cm³/mol. The van der Waals surface area contributed by atoms with Gasteiger partial charge in [-0.25, -0.2) is 4.39 Å². The molecular formula is C22H20ClFO3. The number of carbonyl (C=O) groups excluding carboxylic acids is 1. The molecule has 5 heteroatoms. The Hall–Kier alpha value is -2.17. The van der Waals surface area contributed by atoms with Crippen LogP contribution >= 0.6 is 11.6 Å². The van der Waals surface area contributed by atoms with E-state index in [0.717, 1.165) is 11.1 Å². The van der Waals surface area contributed by atoms with E-state index in [-0.39, 0.29) is 16.6 Å². The number of aryl methyl sites for hydroxylation is 1. The highest BCUT2D eigenvalue weighted by Gasteiger charge is 2.50. The number of halogens is 2. The third kappa shape index (κ3) is 2.88. The van der Waals surface area contributed by atoms with Crippen LogP contribution in [0.25, 0.3) is 16.7 Å². The third-order valence-electron chi connectivity index (χ3n) is 5.58. The first-order chi connectivity index (χ1) is 12.8. The second kappa shape index (κ2) is 6.47. The number of aliphatic hydroxyl groups excluding tert-OH is 1. The number of hydrogen-bond acceptors (Lipinski definition) is 3. The fraction of sp³-hybridized carbons (Fsp3) is 0.318. The molecule has 2 aromatic carbocycles. The average molecular weight is 387 g/mol. The third-order valence-corrected chi connectivity index (χ3v) is 5.88. The van der Waals surface area contributed by atoms with Gasteiger partial charge in [-0.15, -0.1) is 0 Å². The minimum atomic E-state index is -0.818. The minimum absolute atomic E-state index is 0.00427. The summed E-state index contributed by atoms with van der Waals surface area (Å²) >= 11 is 5.79. The van der Waals surface area contributed by atoms with Crippen molar-refractivity contribution < 1.29 is 19.0 Å². The van der Waals surface area contributed by atoms with Gasteiger partial charge < -0.3 is 9.84 Å². The minimum Gasteiger partial charge on any atom is -0.508 e. The molecule has 2 bridgehead atoms. The Morgan fingerprint density at radius 3 is 2.67 bits per heavy atom. The smallest absolute Gasteiger partial charge is 0.195 e. The fourth-order valence-electron chi connectivity index (χ4n) is 3.97. The van der Waals surface area contributed by atoms with Gasteiger partial charge in [-0.2, -0.15) is 0 Å². The van der Waals surface area contributed by atoms with Gasteiger partial charge in [-0.1, -0.05) is 36.7 Å². The molecule has 4 rings (SSSR count). The molecule has 27 heavy (non-hydrogen) atoms. The summed E-state index contributed by atoms with van der Waals surface area (Å²) in [6, 6.07) is 10.3. The number of rotatable bonds is 3. The van der Waals surface area contributed by atoms with Crippen molar-refractivity contribution in [2.75, 3.05) is 0 Å². The van der Waals surface area contributed by atoms with E-state index in [0.29, 0.717) is 36.0 Å². The number of aliphatic hydroxyl groups is 1. The monoisotopic (exact) mass is 386 g/mol. The number of fused-ring (bicyclic) bond motifs is 2. The van der Waals surface area contributed by atoms with Crippen LogP contribution in [0.1, 0.15) is 37.8 Å². The number of Topliss-reactive ketones (excluding diaryl/α,β-unsaturated/α-hetero) is 1. The zero-order valence-electron chi connectivity index (χ0n) is 15.2. The van der Waals surface area contributed by atoms with Gasteiger partial charge in [0.2, 0.25) is 0 Å². The van der Waals surface area contributed by atoms with Crippen LogP contribution in [0.15, 0.2) is 42.2 Å². The summed E-state index contributed by atoms with van der Waals surface area (Å²) in [5, 5.41) is 10.9. The lowest BCUT2D eigenvalue weighted by atomic mass is 9.86. The molecule has 1 saturated heterocycles. The van der Waals surface area contributed by atoms with Gasteiger partial charge in [0, 0.05) is 0 Å². The number of ketones is 1. The molecule has 2 aliphatic rings. The molecule has 0 amide bonds. The highest BCUT2D eigenvalue weighted by Crippen LogP contribution is 2.45. The van der Waals surface area contributed by atoms with Crippen LogP contribution in [0.3, 0.4) is 0 Å². The van der Waals surface area contributed by atoms with Crippen molar-refractivity contribution in [3.05, 3.63) is 64.1 Å². The Balaban J connectivity index is 1.89. The van der Waals surface area contributed by atoms with Crippen molar-refractivity contribution in [3.63, 3.8) is 0 Å². The van der Waals surface area contributed by atoms with Crippen molar-refractivity contribution in [1.82, 2.24) is 0 Å². The molecule has 1 fully saturated rings. The lowest BCUT2D eigenvalue weighted by Crippen LogP contribution is -2.37. The molecule has 0 aromatic heterocycles. The zero-order chi connectivity index (χ0) is 19.3. The van der Waals surface area contributed by atoms with E-state index in [1.165, 1.54) is 12.1 Å². The van der Waals surface area contributed by atoms with Crippen LogP contribution in [0, 0.1) is 5.82 Å². The van der Waals surface area contributed by atoms with Crippen molar-refractivity contribution in [2.24, 2.45) is 0 Å². The fourth-order valence-corrected chi connectivity index (χ4v) is 4.09. The van der Waals surface area contributed by atoms with Crippen LogP contribution in [-0.4, -0.2) is 22.6 Å². The van der Waals surface area contributed by atoms with Crippen molar-refractivity contribution in [3.8, 4) is 11.1 Å². The first kappa shape index (κ1) is 18.2. The van der Waals surface area contributed by atoms with E-state index in [9.17, 15) is 14.3 Å². The molecule has 0 radical (unpaired) electrons. The molecule has 0 aliphatic carbocycles. The lowest BCUT2D eigenvalue weighted by Gasteiger charge is -2.31. The second-order valence-corrected chi connectivity index (χ2v) is 7.73. The summed E-state index contributed by atoms with van der Waals surface area (Å²) in [5.74, 6) is -0.683. The van der Waals surface area contributed by atoms with E-state index >= 15 is 0 Å². The van der Waals surface area contributed by atoms with Crippen LogP contribution < -0.4 is 0 Å². The van der Waals surface area contributed by atoms with Crippen LogP contribution in [0.5, 0.6) is 0 Å². The van der Waals surface area contributed by atoms with E-state index in [1.54, 1.807) is 6.07 Å². The van der Waals surface area contributed by atoms with E-state index in [4.69, 9.17) is 16.3 Å². The highest BCUT2D eigenvalue weighted by molar-refractivity contribution is 6.30. The first-order valence-electron chi connectivity index (χ1n) is 9.08. The van der Waals surface area contributed by atoms with E-state index < -0.39 is 17.5 Å². The van der Waals surface area contributed by atoms with E-state index in [1.807, 2.05) is 32.0 Å². The number of carbonyl (C=O) groups is 1. The van der Waals surface area contributed by atoms with E-state index in [2.05, 4.69) is 0 Å². The summed E-state index contributed by atoms with van der Waals surface area (Å²) < 4.78 is 19.7. The highest BCUT2D eigenvalue weighted by atomic mass is 35.5. The quantitative estimate of drug-likeness (QED) is 0.757. The van der Waals surface area contributed by atoms with Crippen molar-refractivity contribution in [1.29, 1.82) is 0 Å². The molecule has 0 unspecified atom stereocenters. The van der Waals surface area contributed by atoms with Gasteiger partial charge in [-0.3, -0.25) is 4.79 Å². The van der Waals surface area contributed by atoms with Gasteiger partial charge in [0.15, 0.2) is 5.78 Å². The number of ether oxygens (including phenoxy) is 1. The standard InChI is InChI=1S/C22H20ClFO3/c1-3-12-4-5-13(14-6-7-16(23)17(24)11-14)10-15(12)19-20(25)18-8-9-22(2,27-18)21(19)26/h4-7,10-11,18,26H,3,8-9H2,1-2H3/t18-,22-/m1/s1. The van der Waals surface area contributed by atoms with Gasteiger partial charge in [-0.05, 0) is 66.6 Å². The Morgan fingerprint density at radius 2 is 1.96 bits per heavy atom. The molecule has 1 N–H and O–H groups in total. The van der Waals surface area contributed by atoms with Gasteiger partial charge in [0.25, 0.3) is 0 Å². The lowest BCUT2D eigenvalue weighted by molar-refractivity contribution is -0.130.